The van der Waals surface area contributed by atoms with Crippen LogP contribution in [0.5, 0.6) is 0 Å². The average Bonchev–Trinajstić information content (AvgIpc) is 3.54. The molecule has 8 nitrogen and oxygen atoms in total. The first-order valence-electron chi connectivity index (χ1n) is 14.8. The van der Waals surface area contributed by atoms with Crippen LogP contribution in [0.1, 0.15) is 50.5 Å². The van der Waals surface area contributed by atoms with E-state index >= 15 is 0 Å². The van der Waals surface area contributed by atoms with Gasteiger partial charge in [-0.3, -0.25) is 9.88 Å². The average molecular weight is 547 g/mol. The first-order valence-corrected chi connectivity index (χ1v) is 14.8. The second kappa shape index (κ2) is 8.44. The molecule has 4 fully saturated rings. The summed E-state index contributed by atoms with van der Waals surface area (Å²) in [5.41, 5.74) is 1.47. The number of hydrogen-bond acceptors (Lipinski definition) is 8. The van der Waals surface area contributed by atoms with Crippen molar-refractivity contribution in [1.29, 1.82) is 0 Å². The number of aliphatic hydroxyl groups excluding tert-OH is 5. The molecule has 3 aliphatic heterocycles. The zero-order valence-electron chi connectivity index (χ0n) is 22.7. The van der Waals surface area contributed by atoms with Gasteiger partial charge in [0.25, 0.3) is 0 Å². The minimum Gasteiger partial charge on any atom is -0.392 e. The summed E-state index contributed by atoms with van der Waals surface area (Å²) in [6.07, 6.45) is 7.15. The third kappa shape index (κ3) is 3.24. The number of rotatable bonds is 2. The van der Waals surface area contributed by atoms with Gasteiger partial charge in [0, 0.05) is 48.7 Å². The molecule has 1 aromatic carbocycles. The van der Waals surface area contributed by atoms with E-state index in [-0.39, 0.29) is 30.3 Å². The van der Waals surface area contributed by atoms with E-state index in [9.17, 15) is 25.5 Å². The van der Waals surface area contributed by atoms with E-state index in [1.54, 1.807) is 6.20 Å². The van der Waals surface area contributed by atoms with Crippen LogP contribution in [-0.4, -0.2) is 96.3 Å². The SMILES string of the molecule is C[C@]12CC=C3C=C4[C@H](O)[C@@H](O)[C@@H](N5C[C@H](O)[C@@H](O)C5)C[C@]45CCC3(O5)[C@@H]1C[C@@H](O)C2c1ccc2ccncc2c1. The van der Waals surface area contributed by atoms with Gasteiger partial charge in [-0.1, -0.05) is 31.2 Å². The maximum absolute atomic E-state index is 11.6. The zero-order valence-corrected chi connectivity index (χ0v) is 22.7. The number of benzene rings is 1. The van der Waals surface area contributed by atoms with Gasteiger partial charge in [-0.05, 0) is 71.7 Å². The van der Waals surface area contributed by atoms with Gasteiger partial charge in [0.1, 0.15) is 6.10 Å². The highest BCUT2D eigenvalue weighted by Crippen LogP contribution is 2.69. The van der Waals surface area contributed by atoms with Crippen LogP contribution in [0.25, 0.3) is 10.8 Å². The lowest BCUT2D eigenvalue weighted by Gasteiger charge is -2.56. The fraction of sp³-hybridized carbons (Fsp3) is 0.594. The predicted octanol–water partition coefficient (Wildman–Crippen LogP) is 1.80. The highest BCUT2D eigenvalue weighted by Gasteiger charge is 2.69. The summed E-state index contributed by atoms with van der Waals surface area (Å²) >= 11 is 0. The second-order valence-electron chi connectivity index (χ2n) is 13.6. The van der Waals surface area contributed by atoms with Crippen LogP contribution in [-0.2, 0) is 4.74 Å². The van der Waals surface area contributed by atoms with E-state index in [1.807, 2.05) is 17.2 Å². The smallest absolute Gasteiger partial charge is 0.105 e. The number of aromatic nitrogens is 1. The van der Waals surface area contributed by atoms with Gasteiger partial charge in [0.05, 0.1) is 35.6 Å². The summed E-state index contributed by atoms with van der Waals surface area (Å²) < 4.78 is 7.24. The van der Waals surface area contributed by atoms with E-state index in [2.05, 4.69) is 42.3 Å². The lowest BCUT2D eigenvalue weighted by molar-refractivity contribution is -0.167. The Morgan fingerprint density at radius 3 is 2.58 bits per heavy atom. The molecule has 2 saturated heterocycles. The van der Waals surface area contributed by atoms with Gasteiger partial charge in [0.2, 0.25) is 0 Å². The summed E-state index contributed by atoms with van der Waals surface area (Å²) in [4.78, 5) is 6.21. The number of hydrogen-bond donors (Lipinski definition) is 5. The van der Waals surface area contributed by atoms with Crippen molar-refractivity contribution < 1.29 is 30.3 Å². The van der Waals surface area contributed by atoms with Crippen molar-refractivity contribution in [3.05, 3.63) is 65.5 Å². The fourth-order valence-electron chi connectivity index (χ4n) is 9.75. The topological polar surface area (TPSA) is 127 Å². The molecule has 4 heterocycles. The van der Waals surface area contributed by atoms with E-state index < -0.39 is 47.8 Å². The Balaban J connectivity index is 1.17. The largest absolute Gasteiger partial charge is 0.392 e. The molecule has 2 saturated carbocycles. The molecule has 8 rings (SSSR count). The number of nitrogens with zero attached hydrogens (tertiary/aromatic N) is 2. The Morgan fingerprint density at radius 1 is 0.975 bits per heavy atom. The Morgan fingerprint density at radius 2 is 1.77 bits per heavy atom. The third-order valence-electron chi connectivity index (χ3n) is 11.7. The molecule has 11 atom stereocenters. The minimum absolute atomic E-state index is 0.0427. The maximum Gasteiger partial charge on any atom is 0.105 e. The summed E-state index contributed by atoms with van der Waals surface area (Å²) in [5, 5.41) is 56.8. The van der Waals surface area contributed by atoms with E-state index in [0.717, 1.165) is 46.7 Å². The maximum atomic E-state index is 11.6. The molecule has 3 aliphatic carbocycles. The summed E-state index contributed by atoms with van der Waals surface area (Å²) in [6.45, 7) is 2.82. The van der Waals surface area contributed by atoms with Crippen LogP contribution in [0.3, 0.4) is 0 Å². The van der Waals surface area contributed by atoms with Crippen LogP contribution in [0, 0.1) is 11.3 Å². The van der Waals surface area contributed by atoms with Crippen LogP contribution < -0.4 is 0 Å². The number of ether oxygens (including phenoxy) is 1. The van der Waals surface area contributed by atoms with Gasteiger partial charge < -0.3 is 30.3 Å². The van der Waals surface area contributed by atoms with E-state index in [0.29, 0.717) is 12.8 Å². The molecule has 0 radical (unpaired) electrons. The Bertz CT molecular complexity index is 1430. The fourth-order valence-corrected chi connectivity index (χ4v) is 9.75. The quantitative estimate of drug-likeness (QED) is 0.386. The van der Waals surface area contributed by atoms with Crippen LogP contribution >= 0.6 is 0 Å². The molecule has 2 unspecified atom stereocenters. The van der Waals surface area contributed by atoms with Crippen molar-refractivity contribution in [3.63, 3.8) is 0 Å². The number of fused-ring (bicyclic) bond motifs is 2. The molecule has 8 heteroatoms. The number of β-amino-alcohol motifs (C(OH)–C–C–N with tert-alkyl or cyclic N) is 2. The highest BCUT2D eigenvalue weighted by molar-refractivity contribution is 5.82. The Hall–Kier alpha value is -2.17. The zero-order chi connectivity index (χ0) is 27.6. The molecular formula is C32H38N2O6. The number of pyridine rings is 1. The van der Waals surface area contributed by atoms with E-state index in [1.165, 1.54) is 0 Å². The molecule has 40 heavy (non-hydrogen) atoms. The van der Waals surface area contributed by atoms with Crippen molar-refractivity contribution in [2.45, 2.75) is 92.7 Å². The van der Waals surface area contributed by atoms with Crippen molar-refractivity contribution in [2.75, 3.05) is 13.1 Å². The molecule has 2 aromatic rings. The first-order chi connectivity index (χ1) is 19.2. The summed E-state index contributed by atoms with van der Waals surface area (Å²) in [5.74, 6) is 0.0542. The minimum atomic E-state index is -1.08. The van der Waals surface area contributed by atoms with Crippen molar-refractivity contribution in [2.24, 2.45) is 11.3 Å². The molecule has 2 spiro atoms. The lowest BCUT2D eigenvalue weighted by Crippen LogP contribution is -2.62. The molecule has 212 valence electrons. The van der Waals surface area contributed by atoms with Crippen molar-refractivity contribution >= 4 is 10.8 Å². The van der Waals surface area contributed by atoms with Crippen molar-refractivity contribution in [1.82, 2.24) is 9.88 Å². The molecule has 6 aliphatic rings. The third-order valence-corrected chi connectivity index (χ3v) is 11.7. The van der Waals surface area contributed by atoms with Gasteiger partial charge in [0.15, 0.2) is 0 Å². The monoisotopic (exact) mass is 546 g/mol. The molecule has 2 bridgehead atoms. The Labute approximate surface area is 233 Å². The van der Waals surface area contributed by atoms with Gasteiger partial charge in [-0.2, -0.15) is 0 Å². The Kier molecular flexibility index (Phi) is 5.39. The normalized spacial score (nSPS) is 48.0. The highest BCUT2D eigenvalue weighted by atomic mass is 16.5. The standard InChI is InChI=1S/C32H38N2O6/c1-30-6-4-20-11-21-28(38)29(39)22(34-15-24(36)25(37)16-34)13-31(21)7-8-32(20,40-31)26(30)12-23(35)27(30)18-3-2-17-5-9-33-14-19(17)10-18/h2-5,9-11,14,22-29,35-39H,6-8,12-13,15-16H2,1H3/t22-,23+,24-,25-,26+,27?,28-,29-,30-,31+,32?/m0/s1. The molecule has 1 aromatic heterocycles. The predicted molar refractivity (Wildman–Crippen MR) is 147 cm³/mol. The van der Waals surface area contributed by atoms with Crippen LogP contribution in [0.4, 0.5) is 0 Å². The summed E-state index contributed by atoms with van der Waals surface area (Å²) in [7, 11) is 0. The lowest BCUT2D eigenvalue weighted by atomic mass is 9.58. The van der Waals surface area contributed by atoms with Crippen LogP contribution in [0.15, 0.2) is 60.0 Å². The summed E-state index contributed by atoms with van der Waals surface area (Å²) in [6, 6.07) is 8.03. The van der Waals surface area contributed by atoms with Gasteiger partial charge in [-0.15, -0.1) is 0 Å². The van der Waals surface area contributed by atoms with Crippen LogP contribution in [0.2, 0.25) is 0 Å². The van der Waals surface area contributed by atoms with Gasteiger partial charge in [-0.25, -0.2) is 0 Å². The molecule has 0 amide bonds. The van der Waals surface area contributed by atoms with Crippen molar-refractivity contribution in [3.8, 4) is 0 Å². The van der Waals surface area contributed by atoms with Gasteiger partial charge >= 0.3 is 0 Å². The second-order valence-corrected chi connectivity index (χ2v) is 13.6. The molecular weight excluding hydrogens is 508 g/mol. The number of allylic oxidation sites excluding steroid dienone is 1. The van der Waals surface area contributed by atoms with E-state index in [4.69, 9.17) is 4.74 Å². The number of likely N-dealkylation sites (tertiary alicyclic amines) is 1. The number of aliphatic hydroxyl groups is 5. The first kappa shape index (κ1) is 25.5. The molecule has 5 N–H and O–H groups in total.